The molecule has 202 valence electrons. The van der Waals surface area contributed by atoms with Gasteiger partial charge in [-0.25, -0.2) is 4.79 Å². The minimum atomic E-state index is -0.507. The molecule has 4 aromatic carbocycles. The van der Waals surface area contributed by atoms with E-state index < -0.39 is 11.9 Å². The molecule has 0 aliphatic carbocycles. The fraction of sp³-hybridized carbons (Fsp3) is 0.129. The Labute approximate surface area is 240 Å². The molecule has 0 radical (unpaired) electrons. The highest BCUT2D eigenvalue weighted by Crippen LogP contribution is 2.35. The second-order valence-electron chi connectivity index (χ2n) is 8.69. The number of nitrogens with zero attached hydrogens (tertiary/aromatic N) is 1. The Morgan fingerprint density at radius 3 is 2.50 bits per heavy atom. The fourth-order valence-electron chi connectivity index (χ4n) is 4.16. The number of imide groups is 1. The van der Waals surface area contributed by atoms with Crippen LogP contribution in [0.5, 0.6) is 17.2 Å². The lowest BCUT2D eigenvalue weighted by atomic mass is 10.0. The van der Waals surface area contributed by atoms with Crippen LogP contribution in [0.25, 0.3) is 16.8 Å². The van der Waals surface area contributed by atoms with E-state index in [2.05, 4.69) is 0 Å². The topological polar surface area (TPSA) is 82.1 Å². The lowest BCUT2D eigenvalue weighted by Crippen LogP contribution is -2.32. The third-order valence-electron chi connectivity index (χ3n) is 6.05. The summed E-state index contributed by atoms with van der Waals surface area (Å²) in [6.07, 6.45) is 1.61. The van der Waals surface area contributed by atoms with E-state index in [-0.39, 0.29) is 29.0 Å². The molecule has 1 fully saturated rings. The van der Waals surface area contributed by atoms with Crippen LogP contribution >= 0.6 is 23.4 Å². The van der Waals surface area contributed by atoms with Crippen LogP contribution in [-0.2, 0) is 4.79 Å². The van der Waals surface area contributed by atoms with E-state index >= 15 is 0 Å². The molecule has 0 spiro atoms. The van der Waals surface area contributed by atoms with Crippen molar-refractivity contribution in [2.24, 2.45) is 0 Å². The van der Waals surface area contributed by atoms with Gasteiger partial charge in [0.15, 0.2) is 11.5 Å². The molecule has 0 atom stereocenters. The Balaban J connectivity index is 1.29. The summed E-state index contributed by atoms with van der Waals surface area (Å²) in [5.74, 6) is 0.285. The number of halogens is 1. The lowest BCUT2D eigenvalue weighted by Gasteiger charge is -2.13. The molecule has 0 unspecified atom stereocenters. The van der Waals surface area contributed by atoms with Crippen LogP contribution in [0, 0.1) is 0 Å². The Morgan fingerprint density at radius 2 is 1.70 bits per heavy atom. The van der Waals surface area contributed by atoms with E-state index in [9.17, 15) is 14.4 Å². The van der Waals surface area contributed by atoms with Gasteiger partial charge in [0.25, 0.3) is 11.1 Å². The molecule has 1 heterocycles. The molecule has 1 saturated heterocycles. The van der Waals surface area contributed by atoms with E-state index in [4.69, 9.17) is 25.8 Å². The van der Waals surface area contributed by atoms with Crippen LogP contribution in [-0.4, -0.2) is 41.8 Å². The lowest BCUT2D eigenvalue weighted by molar-refractivity contribution is -0.123. The molecule has 0 bridgehead atoms. The highest BCUT2D eigenvalue weighted by atomic mass is 35.5. The summed E-state index contributed by atoms with van der Waals surface area (Å²) in [6, 6.07) is 24.9. The first-order chi connectivity index (χ1) is 19.4. The van der Waals surface area contributed by atoms with Crippen molar-refractivity contribution in [2.75, 3.05) is 19.8 Å². The van der Waals surface area contributed by atoms with Crippen LogP contribution < -0.4 is 14.2 Å². The van der Waals surface area contributed by atoms with Gasteiger partial charge in [-0.15, -0.1) is 0 Å². The summed E-state index contributed by atoms with van der Waals surface area (Å²) in [7, 11) is 0. The van der Waals surface area contributed by atoms with Crippen molar-refractivity contribution < 1.29 is 28.6 Å². The monoisotopic (exact) mass is 573 g/mol. The van der Waals surface area contributed by atoms with Gasteiger partial charge in [0.1, 0.15) is 12.4 Å². The molecule has 0 saturated carbocycles. The Kier molecular flexibility index (Phi) is 8.38. The number of carbonyl (C=O) groups is 3. The number of hydrogen-bond acceptors (Lipinski definition) is 7. The summed E-state index contributed by atoms with van der Waals surface area (Å²) in [5, 5.41) is 1.94. The zero-order valence-electron chi connectivity index (χ0n) is 21.5. The van der Waals surface area contributed by atoms with Gasteiger partial charge in [-0.1, -0.05) is 54.1 Å². The van der Waals surface area contributed by atoms with Gasteiger partial charge in [-0.2, -0.15) is 0 Å². The van der Waals surface area contributed by atoms with Crippen LogP contribution in [0.15, 0.2) is 89.8 Å². The van der Waals surface area contributed by atoms with Crippen LogP contribution in [0.4, 0.5) is 4.79 Å². The van der Waals surface area contributed by atoms with Crippen molar-refractivity contribution in [3.8, 4) is 17.2 Å². The van der Waals surface area contributed by atoms with Gasteiger partial charge >= 0.3 is 5.97 Å². The van der Waals surface area contributed by atoms with Gasteiger partial charge in [0.2, 0.25) is 0 Å². The number of ether oxygens (including phenoxy) is 3. The molecule has 1 aliphatic rings. The van der Waals surface area contributed by atoms with Crippen LogP contribution in [0.3, 0.4) is 0 Å². The number of benzene rings is 4. The molecule has 4 aromatic rings. The Bertz CT molecular complexity index is 1610. The average molecular weight is 574 g/mol. The number of carbonyl (C=O) groups excluding carboxylic acids is 3. The Morgan fingerprint density at radius 1 is 0.925 bits per heavy atom. The number of fused-ring (bicyclic) bond motifs is 1. The molecular weight excluding hydrogens is 550 g/mol. The molecule has 9 heteroatoms. The van der Waals surface area contributed by atoms with E-state index in [1.807, 2.05) is 43.3 Å². The molecular formula is C31H24ClNO6S. The minimum absolute atomic E-state index is 0.109. The van der Waals surface area contributed by atoms with Crippen LogP contribution in [0.1, 0.15) is 22.8 Å². The zero-order chi connectivity index (χ0) is 28.1. The van der Waals surface area contributed by atoms with Crippen molar-refractivity contribution in [3.05, 3.63) is 106 Å². The highest BCUT2D eigenvalue weighted by molar-refractivity contribution is 8.18. The smallest absolute Gasteiger partial charge is 0.344 e. The normalized spacial score (nSPS) is 14.2. The van der Waals surface area contributed by atoms with Gasteiger partial charge in [0.05, 0.1) is 23.6 Å². The van der Waals surface area contributed by atoms with Crippen molar-refractivity contribution in [1.29, 1.82) is 0 Å². The zero-order valence-corrected chi connectivity index (χ0v) is 23.0. The summed E-state index contributed by atoms with van der Waals surface area (Å²) < 4.78 is 17.1. The van der Waals surface area contributed by atoms with Crippen molar-refractivity contribution in [2.45, 2.75) is 6.92 Å². The van der Waals surface area contributed by atoms with Gasteiger partial charge < -0.3 is 14.2 Å². The third kappa shape index (κ3) is 6.14. The molecule has 2 amide bonds. The van der Waals surface area contributed by atoms with Crippen molar-refractivity contribution >= 4 is 57.3 Å². The summed E-state index contributed by atoms with van der Waals surface area (Å²) in [5.41, 5.74) is 1.06. The van der Waals surface area contributed by atoms with E-state index in [1.54, 1.807) is 54.6 Å². The fourth-order valence-corrected chi connectivity index (χ4v) is 5.15. The molecule has 0 aromatic heterocycles. The van der Waals surface area contributed by atoms with E-state index in [0.29, 0.717) is 34.3 Å². The second-order valence-corrected chi connectivity index (χ2v) is 10.1. The van der Waals surface area contributed by atoms with Gasteiger partial charge in [0, 0.05) is 5.02 Å². The average Bonchev–Trinajstić information content (AvgIpc) is 3.22. The number of amides is 2. The first kappa shape index (κ1) is 27.3. The van der Waals surface area contributed by atoms with Crippen molar-refractivity contribution in [1.82, 2.24) is 4.90 Å². The maximum atomic E-state index is 13.1. The molecule has 0 N–H and O–H groups in total. The summed E-state index contributed by atoms with van der Waals surface area (Å²) in [6.45, 7) is 2.42. The first-order valence-corrected chi connectivity index (χ1v) is 13.7. The maximum absolute atomic E-state index is 13.1. The first-order valence-electron chi connectivity index (χ1n) is 12.5. The predicted molar refractivity (Wildman–Crippen MR) is 156 cm³/mol. The number of hydrogen-bond donors (Lipinski definition) is 0. The molecule has 5 rings (SSSR count). The van der Waals surface area contributed by atoms with E-state index in [0.717, 1.165) is 27.4 Å². The van der Waals surface area contributed by atoms with Crippen LogP contribution in [0.2, 0.25) is 5.02 Å². The highest BCUT2D eigenvalue weighted by Gasteiger charge is 2.34. The number of thioether (sulfide) groups is 1. The minimum Gasteiger partial charge on any atom is -0.492 e. The largest absolute Gasteiger partial charge is 0.492 e. The standard InChI is InChI=1S/C31H24ClNO6S/c1-2-37-27-18-20(10-15-26(27)39-30(35)25-9-5-7-21-6-3-4-8-24(21)25)19-28-29(34)33(31(36)40-28)16-17-38-23-13-11-22(32)12-14-23/h3-15,18-19H,2,16-17H2,1H3/b28-19-. The molecule has 7 nitrogen and oxygen atoms in total. The predicted octanol–water partition coefficient (Wildman–Crippen LogP) is 7.23. The third-order valence-corrected chi connectivity index (χ3v) is 7.21. The summed E-state index contributed by atoms with van der Waals surface area (Å²) >= 11 is 6.74. The quantitative estimate of drug-likeness (QED) is 0.119. The SMILES string of the molecule is CCOc1cc(/C=C2\SC(=O)N(CCOc3ccc(Cl)cc3)C2=O)ccc1OC(=O)c1cccc2ccccc12. The number of esters is 1. The van der Waals surface area contributed by atoms with E-state index in [1.165, 1.54) is 0 Å². The molecule has 40 heavy (non-hydrogen) atoms. The second kappa shape index (κ2) is 12.3. The maximum Gasteiger partial charge on any atom is 0.344 e. The van der Waals surface area contributed by atoms with Crippen molar-refractivity contribution in [3.63, 3.8) is 0 Å². The summed E-state index contributed by atoms with van der Waals surface area (Å²) in [4.78, 5) is 39.9. The van der Waals surface area contributed by atoms with Gasteiger partial charge in [-0.05, 0) is 83.6 Å². The molecule has 1 aliphatic heterocycles. The van der Waals surface area contributed by atoms with Gasteiger partial charge in [-0.3, -0.25) is 14.5 Å². The number of rotatable bonds is 9. The Hall–Kier alpha value is -4.27.